The number of aromatic nitrogens is 1. The van der Waals surface area contributed by atoms with Gasteiger partial charge in [-0.3, -0.25) is 14.4 Å². The fourth-order valence-corrected chi connectivity index (χ4v) is 3.97. The van der Waals surface area contributed by atoms with Gasteiger partial charge in [0.2, 0.25) is 0 Å². The summed E-state index contributed by atoms with van der Waals surface area (Å²) >= 11 is 0. The average Bonchev–Trinajstić information content (AvgIpc) is 3.17. The van der Waals surface area contributed by atoms with Crippen molar-refractivity contribution in [2.24, 2.45) is 0 Å². The van der Waals surface area contributed by atoms with Crippen LogP contribution in [0.1, 0.15) is 45.9 Å². The molecular weight excluding hydrogens is 406 g/mol. The standard InChI is InChI=1S/C21H23N3O7/c1-11-7-15(23-31-11)20(27)22-12-3-6-17-14(8-12)21(28)24(2)16-5-4-13(9-19(25)26)30-18(16)10-29-17/h3,6-8,13,16,18H,4-5,9-10H2,1-2H3,(H,22,27)(H,25,26)/t13-,16-,18+/m0/s1. The molecule has 4 rings (SSSR count). The Kier molecular flexibility index (Phi) is 5.64. The Morgan fingerprint density at radius 3 is 2.81 bits per heavy atom. The Hall–Kier alpha value is -3.40. The fourth-order valence-electron chi connectivity index (χ4n) is 3.97. The third-order valence-corrected chi connectivity index (χ3v) is 5.53. The van der Waals surface area contributed by atoms with E-state index in [0.29, 0.717) is 35.6 Å². The van der Waals surface area contributed by atoms with Gasteiger partial charge < -0.3 is 29.3 Å². The third kappa shape index (κ3) is 4.38. The maximum absolute atomic E-state index is 13.2. The van der Waals surface area contributed by atoms with Gasteiger partial charge in [0.25, 0.3) is 11.8 Å². The molecule has 31 heavy (non-hydrogen) atoms. The molecule has 0 radical (unpaired) electrons. The summed E-state index contributed by atoms with van der Waals surface area (Å²) in [6, 6.07) is 6.09. The topological polar surface area (TPSA) is 131 Å². The lowest BCUT2D eigenvalue weighted by atomic mass is 9.94. The molecule has 2 amide bonds. The van der Waals surface area contributed by atoms with Crippen molar-refractivity contribution in [1.29, 1.82) is 0 Å². The summed E-state index contributed by atoms with van der Waals surface area (Å²) in [6.45, 7) is 1.88. The summed E-state index contributed by atoms with van der Waals surface area (Å²) in [5.74, 6) is -0.744. The summed E-state index contributed by atoms with van der Waals surface area (Å²) in [5, 5.41) is 15.4. The fraction of sp³-hybridized carbons (Fsp3) is 0.429. The van der Waals surface area contributed by atoms with Crippen LogP contribution >= 0.6 is 0 Å². The first-order valence-electron chi connectivity index (χ1n) is 9.97. The molecule has 0 bridgehead atoms. The highest BCUT2D eigenvalue weighted by atomic mass is 16.5. The van der Waals surface area contributed by atoms with E-state index < -0.39 is 24.1 Å². The molecule has 10 heteroatoms. The van der Waals surface area contributed by atoms with Crippen molar-refractivity contribution in [3.05, 3.63) is 41.3 Å². The number of nitrogens with zero attached hydrogens (tertiary/aromatic N) is 2. The largest absolute Gasteiger partial charge is 0.490 e. The molecule has 1 saturated heterocycles. The van der Waals surface area contributed by atoms with Crippen LogP contribution in [0.15, 0.2) is 28.8 Å². The highest BCUT2D eigenvalue weighted by molar-refractivity contribution is 6.04. The van der Waals surface area contributed by atoms with Gasteiger partial charge in [0.05, 0.1) is 24.1 Å². The number of hydrogen-bond donors (Lipinski definition) is 2. The van der Waals surface area contributed by atoms with E-state index in [1.807, 2.05) is 0 Å². The number of fused-ring (bicyclic) bond motifs is 2. The Morgan fingerprint density at radius 2 is 2.10 bits per heavy atom. The second kappa shape index (κ2) is 8.38. The Bertz CT molecular complexity index is 1020. The Morgan fingerprint density at radius 1 is 1.29 bits per heavy atom. The maximum atomic E-state index is 13.2. The van der Waals surface area contributed by atoms with Crippen LogP contribution in [0, 0.1) is 6.92 Å². The van der Waals surface area contributed by atoms with Gasteiger partial charge >= 0.3 is 5.97 Å². The SMILES string of the molecule is Cc1cc(C(=O)Nc2ccc3c(c2)C(=O)N(C)[C@H]2CC[C@@H](CC(=O)O)O[C@@H]2CO3)no1. The molecule has 0 spiro atoms. The van der Waals surface area contributed by atoms with Crippen LogP contribution in [-0.2, 0) is 9.53 Å². The number of rotatable bonds is 4. The van der Waals surface area contributed by atoms with Crippen molar-refractivity contribution in [2.45, 2.75) is 44.4 Å². The molecule has 3 atom stereocenters. The number of carbonyl (C=O) groups excluding carboxylic acids is 2. The highest BCUT2D eigenvalue weighted by Gasteiger charge is 2.39. The maximum Gasteiger partial charge on any atom is 0.305 e. The number of aliphatic carboxylic acids is 1. The first-order valence-corrected chi connectivity index (χ1v) is 9.97. The monoisotopic (exact) mass is 429 g/mol. The van der Waals surface area contributed by atoms with Gasteiger partial charge in [-0.15, -0.1) is 0 Å². The minimum absolute atomic E-state index is 0.0778. The zero-order valence-corrected chi connectivity index (χ0v) is 17.2. The molecule has 0 aliphatic carbocycles. The average molecular weight is 429 g/mol. The van der Waals surface area contributed by atoms with Crippen LogP contribution in [0.3, 0.4) is 0 Å². The molecule has 1 fully saturated rings. The van der Waals surface area contributed by atoms with Crippen molar-refractivity contribution >= 4 is 23.5 Å². The number of carbonyl (C=O) groups is 3. The van der Waals surface area contributed by atoms with Crippen LogP contribution in [0.4, 0.5) is 5.69 Å². The molecular formula is C21H23N3O7. The van der Waals surface area contributed by atoms with E-state index in [-0.39, 0.29) is 30.7 Å². The number of carboxylic acid groups (broad SMARTS) is 1. The van der Waals surface area contributed by atoms with Crippen molar-refractivity contribution in [3.8, 4) is 5.75 Å². The van der Waals surface area contributed by atoms with Crippen LogP contribution in [0.25, 0.3) is 0 Å². The number of carboxylic acids is 1. The minimum atomic E-state index is -0.916. The number of benzene rings is 1. The number of anilines is 1. The molecule has 1 aromatic heterocycles. The Labute approximate surface area is 178 Å². The van der Waals surface area contributed by atoms with E-state index in [1.54, 1.807) is 37.1 Å². The molecule has 2 aliphatic heterocycles. The zero-order chi connectivity index (χ0) is 22.1. The predicted octanol–water partition coefficient (Wildman–Crippen LogP) is 2.09. The van der Waals surface area contributed by atoms with Crippen molar-refractivity contribution in [3.63, 3.8) is 0 Å². The second-order valence-corrected chi connectivity index (χ2v) is 7.75. The van der Waals surface area contributed by atoms with Gasteiger partial charge in [-0.1, -0.05) is 5.16 Å². The summed E-state index contributed by atoms with van der Waals surface area (Å²) < 4.78 is 16.7. The smallest absolute Gasteiger partial charge is 0.305 e. The summed E-state index contributed by atoms with van der Waals surface area (Å²) in [7, 11) is 1.69. The molecule has 0 unspecified atom stereocenters. The van der Waals surface area contributed by atoms with Gasteiger partial charge in [0.1, 0.15) is 24.2 Å². The van der Waals surface area contributed by atoms with E-state index in [0.717, 1.165) is 0 Å². The number of aryl methyl sites for hydroxylation is 1. The number of nitrogens with one attached hydrogen (secondary N) is 1. The molecule has 1 aromatic carbocycles. The van der Waals surface area contributed by atoms with Gasteiger partial charge in [-0.05, 0) is 38.0 Å². The molecule has 0 saturated carbocycles. The van der Waals surface area contributed by atoms with Gasteiger partial charge in [0.15, 0.2) is 5.69 Å². The van der Waals surface area contributed by atoms with Crippen LogP contribution < -0.4 is 10.1 Å². The number of amides is 2. The molecule has 2 aliphatic rings. The lowest BCUT2D eigenvalue weighted by molar-refractivity contribution is -0.148. The molecule has 2 aromatic rings. The van der Waals surface area contributed by atoms with E-state index in [2.05, 4.69) is 10.5 Å². The van der Waals surface area contributed by atoms with Gasteiger partial charge in [-0.2, -0.15) is 0 Å². The molecule has 10 nitrogen and oxygen atoms in total. The predicted molar refractivity (Wildman–Crippen MR) is 107 cm³/mol. The lowest BCUT2D eigenvalue weighted by Crippen LogP contribution is -2.53. The van der Waals surface area contributed by atoms with E-state index >= 15 is 0 Å². The summed E-state index contributed by atoms with van der Waals surface area (Å²) in [6.07, 6.45) is 0.264. The van der Waals surface area contributed by atoms with Crippen LogP contribution in [0.2, 0.25) is 0 Å². The second-order valence-electron chi connectivity index (χ2n) is 7.75. The van der Waals surface area contributed by atoms with E-state index in [1.165, 1.54) is 6.07 Å². The lowest BCUT2D eigenvalue weighted by Gasteiger charge is -2.42. The van der Waals surface area contributed by atoms with Crippen LogP contribution in [0.5, 0.6) is 5.75 Å². The third-order valence-electron chi connectivity index (χ3n) is 5.53. The molecule has 164 valence electrons. The highest BCUT2D eigenvalue weighted by Crippen LogP contribution is 2.32. The zero-order valence-electron chi connectivity index (χ0n) is 17.2. The molecule has 3 heterocycles. The summed E-state index contributed by atoms with van der Waals surface area (Å²) in [5.41, 5.74) is 0.887. The van der Waals surface area contributed by atoms with Gasteiger partial charge in [-0.25, -0.2) is 0 Å². The number of likely N-dealkylation sites (N-methyl/N-ethyl adjacent to an activating group) is 1. The number of ether oxygens (including phenoxy) is 2. The number of hydrogen-bond acceptors (Lipinski definition) is 7. The quantitative estimate of drug-likeness (QED) is 0.755. The first kappa shape index (κ1) is 20.9. The minimum Gasteiger partial charge on any atom is -0.490 e. The van der Waals surface area contributed by atoms with Crippen molar-refractivity contribution in [2.75, 3.05) is 19.0 Å². The van der Waals surface area contributed by atoms with Crippen molar-refractivity contribution < 1.29 is 33.5 Å². The van der Waals surface area contributed by atoms with E-state index in [9.17, 15) is 14.4 Å². The summed E-state index contributed by atoms with van der Waals surface area (Å²) in [4.78, 5) is 38.1. The van der Waals surface area contributed by atoms with Crippen LogP contribution in [-0.4, -0.2) is 64.9 Å². The van der Waals surface area contributed by atoms with Crippen molar-refractivity contribution in [1.82, 2.24) is 10.1 Å². The first-order chi connectivity index (χ1) is 14.8. The normalized spacial score (nSPS) is 23.1. The van der Waals surface area contributed by atoms with E-state index in [4.69, 9.17) is 19.1 Å². The Balaban J connectivity index is 1.53. The molecule has 2 N–H and O–H groups in total. The van der Waals surface area contributed by atoms with Gasteiger partial charge in [0, 0.05) is 18.8 Å².